The van der Waals surface area contributed by atoms with Crippen LogP contribution in [0.3, 0.4) is 0 Å². The van der Waals surface area contributed by atoms with Crippen LogP contribution in [0.25, 0.3) is 39.2 Å². The number of nitrogens with two attached hydrogens (primary N) is 1. The Hall–Kier alpha value is -4.19. The van der Waals surface area contributed by atoms with E-state index in [2.05, 4.69) is 46.4 Å². The Morgan fingerprint density at radius 3 is 2.22 bits per heavy atom. The van der Waals surface area contributed by atoms with Crippen LogP contribution >= 0.6 is 0 Å². The maximum absolute atomic E-state index is 6.26. The standard InChI is InChI=1S/C26H23N5O/c1-3-32-22-10-8-19(9-11-22)18-4-6-20(7-5-18)24-23(21-12-13-28-17(2)16-21)25-29-14-15-31(25)26(27)30-24/h4-16H,3H2,1-2H3,(H2,27,30). The Labute approximate surface area is 186 Å². The lowest BCUT2D eigenvalue weighted by molar-refractivity contribution is 0.340. The van der Waals surface area contributed by atoms with E-state index < -0.39 is 0 Å². The summed E-state index contributed by atoms with van der Waals surface area (Å²) in [7, 11) is 0. The average Bonchev–Trinajstić information content (AvgIpc) is 3.30. The summed E-state index contributed by atoms with van der Waals surface area (Å²) in [6.45, 7) is 4.61. The van der Waals surface area contributed by atoms with Gasteiger partial charge in [-0.3, -0.25) is 9.38 Å². The summed E-state index contributed by atoms with van der Waals surface area (Å²) >= 11 is 0. The third kappa shape index (κ3) is 3.56. The predicted octanol–water partition coefficient (Wildman–Crippen LogP) is 5.41. The normalized spacial score (nSPS) is 11.1. The van der Waals surface area contributed by atoms with Crippen molar-refractivity contribution in [3.05, 3.63) is 84.9 Å². The number of pyridine rings is 1. The van der Waals surface area contributed by atoms with E-state index in [0.717, 1.165) is 50.6 Å². The lowest BCUT2D eigenvalue weighted by atomic mass is 9.98. The maximum atomic E-state index is 6.26. The van der Waals surface area contributed by atoms with E-state index in [9.17, 15) is 0 Å². The zero-order valence-electron chi connectivity index (χ0n) is 18.0. The number of hydrogen-bond acceptors (Lipinski definition) is 5. The molecule has 0 bridgehead atoms. The molecule has 3 aromatic heterocycles. The van der Waals surface area contributed by atoms with Crippen LogP contribution in [0.2, 0.25) is 0 Å². The van der Waals surface area contributed by atoms with E-state index >= 15 is 0 Å². The van der Waals surface area contributed by atoms with Gasteiger partial charge in [0.1, 0.15) is 11.4 Å². The second-order valence-electron chi connectivity index (χ2n) is 7.54. The Morgan fingerprint density at radius 2 is 1.53 bits per heavy atom. The monoisotopic (exact) mass is 421 g/mol. The number of aryl methyl sites for hydroxylation is 1. The molecule has 0 fully saturated rings. The largest absolute Gasteiger partial charge is 0.494 e. The highest BCUT2D eigenvalue weighted by molar-refractivity contribution is 5.91. The molecule has 0 atom stereocenters. The molecular weight excluding hydrogens is 398 g/mol. The van der Waals surface area contributed by atoms with Gasteiger partial charge in [0.15, 0.2) is 0 Å². The molecule has 0 unspecified atom stereocenters. The van der Waals surface area contributed by atoms with E-state index in [1.165, 1.54) is 0 Å². The van der Waals surface area contributed by atoms with Crippen LogP contribution in [0.15, 0.2) is 79.3 Å². The number of nitrogen functional groups attached to an aromatic ring is 1. The van der Waals surface area contributed by atoms with Gasteiger partial charge in [0, 0.05) is 29.8 Å². The van der Waals surface area contributed by atoms with Crippen LogP contribution in [0, 0.1) is 6.92 Å². The summed E-state index contributed by atoms with van der Waals surface area (Å²) in [5.74, 6) is 1.27. The zero-order chi connectivity index (χ0) is 22.1. The van der Waals surface area contributed by atoms with Crippen molar-refractivity contribution < 1.29 is 4.74 Å². The van der Waals surface area contributed by atoms with Crippen molar-refractivity contribution in [1.82, 2.24) is 19.4 Å². The van der Waals surface area contributed by atoms with E-state index in [4.69, 9.17) is 15.5 Å². The Kier molecular flexibility index (Phi) is 5.03. The first-order valence-corrected chi connectivity index (χ1v) is 10.5. The average molecular weight is 422 g/mol. The maximum Gasteiger partial charge on any atom is 0.206 e. The fourth-order valence-corrected chi connectivity index (χ4v) is 3.91. The molecule has 0 aliphatic carbocycles. The fraction of sp³-hybridized carbons (Fsp3) is 0.115. The minimum absolute atomic E-state index is 0.401. The molecule has 0 saturated heterocycles. The molecule has 3 heterocycles. The van der Waals surface area contributed by atoms with Crippen molar-refractivity contribution in [3.8, 4) is 39.3 Å². The topological polar surface area (TPSA) is 78.3 Å². The molecule has 0 saturated carbocycles. The summed E-state index contributed by atoms with van der Waals surface area (Å²) < 4.78 is 7.35. The second-order valence-corrected chi connectivity index (χ2v) is 7.54. The van der Waals surface area contributed by atoms with Gasteiger partial charge >= 0.3 is 0 Å². The number of hydrogen-bond donors (Lipinski definition) is 1. The van der Waals surface area contributed by atoms with E-state index in [1.807, 2.05) is 48.7 Å². The van der Waals surface area contributed by atoms with Crippen molar-refractivity contribution in [2.75, 3.05) is 12.3 Å². The third-order valence-corrected chi connectivity index (χ3v) is 5.42. The summed E-state index contributed by atoms with van der Waals surface area (Å²) in [5.41, 5.74) is 13.9. The molecule has 2 N–H and O–H groups in total. The Balaban J connectivity index is 1.61. The number of nitrogens with zero attached hydrogens (tertiary/aromatic N) is 4. The van der Waals surface area contributed by atoms with Crippen LogP contribution in [0.1, 0.15) is 12.6 Å². The molecule has 6 heteroatoms. The second kappa shape index (κ2) is 8.15. The van der Waals surface area contributed by atoms with E-state index in [-0.39, 0.29) is 0 Å². The smallest absolute Gasteiger partial charge is 0.206 e. The van der Waals surface area contributed by atoms with Gasteiger partial charge in [-0.1, -0.05) is 36.4 Å². The van der Waals surface area contributed by atoms with Crippen LogP contribution in [-0.4, -0.2) is 26.0 Å². The van der Waals surface area contributed by atoms with Gasteiger partial charge in [-0.25, -0.2) is 9.97 Å². The fourth-order valence-electron chi connectivity index (χ4n) is 3.91. The van der Waals surface area contributed by atoms with Gasteiger partial charge in [0.05, 0.1) is 17.9 Å². The molecule has 0 aliphatic heterocycles. The molecule has 0 radical (unpaired) electrons. The van der Waals surface area contributed by atoms with Gasteiger partial charge in [-0.05, 0) is 54.8 Å². The Morgan fingerprint density at radius 1 is 0.844 bits per heavy atom. The molecule has 2 aromatic carbocycles. The number of benzene rings is 2. The number of ether oxygens (including phenoxy) is 1. The number of anilines is 1. The van der Waals surface area contributed by atoms with Gasteiger partial charge in [-0.2, -0.15) is 0 Å². The van der Waals surface area contributed by atoms with Gasteiger partial charge in [-0.15, -0.1) is 0 Å². The van der Waals surface area contributed by atoms with E-state index in [1.54, 1.807) is 12.4 Å². The first-order valence-electron chi connectivity index (χ1n) is 10.5. The molecular formula is C26H23N5O. The highest BCUT2D eigenvalue weighted by Gasteiger charge is 2.17. The van der Waals surface area contributed by atoms with Crippen LogP contribution < -0.4 is 10.5 Å². The van der Waals surface area contributed by atoms with Crippen LogP contribution in [0.4, 0.5) is 5.95 Å². The number of fused-ring (bicyclic) bond motifs is 1. The quantitative estimate of drug-likeness (QED) is 0.410. The number of aromatic nitrogens is 4. The number of imidazole rings is 1. The van der Waals surface area contributed by atoms with Crippen molar-refractivity contribution in [2.24, 2.45) is 0 Å². The SMILES string of the molecule is CCOc1ccc(-c2ccc(-c3nc(N)n4ccnc4c3-c3ccnc(C)c3)cc2)cc1. The van der Waals surface area contributed by atoms with Gasteiger partial charge in [0.2, 0.25) is 5.95 Å². The molecule has 32 heavy (non-hydrogen) atoms. The van der Waals surface area contributed by atoms with Crippen LogP contribution in [0.5, 0.6) is 5.75 Å². The predicted molar refractivity (Wildman–Crippen MR) is 127 cm³/mol. The first-order chi connectivity index (χ1) is 15.6. The minimum atomic E-state index is 0.401. The molecule has 0 aliphatic rings. The lowest BCUT2D eigenvalue weighted by Crippen LogP contribution is -2.04. The summed E-state index contributed by atoms with van der Waals surface area (Å²) in [6.07, 6.45) is 5.37. The lowest BCUT2D eigenvalue weighted by Gasteiger charge is -2.14. The molecule has 0 spiro atoms. The first kappa shape index (κ1) is 19.8. The molecule has 6 nitrogen and oxygen atoms in total. The van der Waals surface area contributed by atoms with Gasteiger partial charge < -0.3 is 10.5 Å². The van der Waals surface area contributed by atoms with Gasteiger partial charge in [0.25, 0.3) is 0 Å². The highest BCUT2D eigenvalue weighted by Crippen LogP contribution is 2.35. The van der Waals surface area contributed by atoms with Crippen molar-refractivity contribution in [2.45, 2.75) is 13.8 Å². The molecule has 158 valence electrons. The van der Waals surface area contributed by atoms with Crippen molar-refractivity contribution >= 4 is 11.6 Å². The zero-order valence-corrected chi connectivity index (χ0v) is 18.0. The van der Waals surface area contributed by atoms with Crippen LogP contribution in [-0.2, 0) is 0 Å². The molecule has 0 amide bonds. The summed E-state index contributed by atoms with van der Waals surface area (Å²) in [6, 6.07) is 20.5. The van der Waals surface area contributed by atoms with Crippen molar-refractivity contribution in [1.29, 1.82) is 0 Å². The number of rotatable bonds is 5. The molecule has 5 aromatic rings. The van der Waals surface area contributed by atoms with Crippen molar-refractivity contribution in [3.63, 3.8) is 0 Å². The van der Waals surface area contributed by atoms with E-state index in [0.29, 0.717) is 12.6 Å². The molecule has 5 rings (SSSR count). The third-order valence-electron chi connectivity index (χ3n) is 5.42. The highest BCUT2D eigenvalue weighted by atomic mass is 16.5. The summed E-state index contributed by atoms with van der Waals surface area (Å²) in [4.78, 5) is 13.7. The Bertz CT molecular complexity index is 1390. The minimum Gasteiger partial charge on any atom is -0.494 e. The summed E-state index contributed by atoms with van der Waals surface area (Å²) in [5, 5.41) is 0.